The van der Waals surface area contributed by atoms with Crippen LogP contribution in [0.15, 0.2) is 30.3 Å². The lowest BCUT2D eigenvalue weighted by Gasteiger charge is -2.38. The summed E-state index contributed by atoms with van der Waals surface area (Å²) in [5, 5.41) is 9.32. The predicted octanol–water partition coefficient (Wildman–Crippen LogP) is 4.30. The third-order valence-corrected chi connectivity index (χ3v) is 5.41. The van der Waals surface area contributed by atoms with Gasteiger partial charge in [-0.1, -0.05) is 18.2 Å². The van der Waals surface area contributed by atoms with Gasteiger partial charge in [-0.05, 0) is 69.4 Å². The van der Waals surface area contributed by atoms with Gasteiger partial charge in [0.2, 0.25) is 0 Å². The van der Waals surface area contributed by atoms with Gasteiger partial charge in [0.25, 0.3) is 0 Å². The summed E-state index contributed by atoms with van der Waals surface area (Å²) in [4.78, 5) is 12.5. The Labute approximate surface area is 154 Å². The molecule has 0 radical (unpaired) electrons. The third kappa shape index (κ3) is 3.34. The Morgan fingerprint density at radius 2 is 1.85 bits per heavy atom. The molecule has 1 N–H and O–H groups in total. The van der Waals surface area contributed by atoms with Crippen LogP contribution in [0.3, 0.4) is 0 Å². The maximum Gasteiger partial charge on any atom is 0.343 e. The fourth-order valence-electron chi connectivity index (χ4n) is 3.57. The number of carbonyl (C=O) groups excluding carboxylic acids is 1. The highest BCUT2D eigenvalue weighted by Gasteiger charge is 2.34. The van der Waals surface area contributed by atoms with Gasteiger partial charge in [-0.15, -0.1) is 0 Å². The van der Waals surface area contributed by atoms with Crippen molar-refractivity contribution in [1.82, 2.24) is 0 Å². The number of hydrogen-bond donors (Lipinski definition) is 1. The molecule has 1 aliphatic rings. The van der Waals surface area contributed by atoms with Crippen molar-refractivity contribution in [2.45, 2.75) is 52.6 Å². The van der Waals surface area contributed by atoms with Crippen LogP contribution in [-0.4, -0.2) is 23.3 Å². The first-order chi connectivity index (χ1) is 12.4. The molecule has 1 unspecified atom stereocenters. The van der Waals surface area contributed by atoms with Crippen LogP contribution in [0.4, 0.5) is 0 Å². The summed E-state index contributed by atoms with van der Waals surface area (Å²) in [5.41, 5.74) is 4.14. The van der Waals surface area contributed by atoms with Crippen molar-refractivity contribution in [3.63, 3.8) is 0 Å². The first kappa shape index (κ1) is 18.5. The van der Waals surface area contributed by atoms with Crippen molar-refractivity contribution in [2.75, 3.05) is 6.61 Å². The Bertz CT molecular complexity index is 826. The molecule has 0 aromatic heterocycles. The molecule has 2 aromatic rings. The molecule has 0 saturated carbocycles. The Hall–Kier alpha value is -2.33. The Morgan fingerprint density at radius 1 is 1.15 bits per heavy atom. The molecule has 2 aromatic carbocycles. The van der Waals surface area contributed by atoms with Crippen molar-refractivity contribution in [3.05, 3.63) is 58.1 Å². The number of benzene rings is 2. The standard InChI is InChI=1S/C22H26O4/c1-14-15(2)20-18(10-11-22(4,26-20)12-13-23)16(3)19(14)25-21(24)17-8-6-5-7-9-17/h5-9,23H,10-13H2,1-4H3. The van der Waals surface area contributed by atoms with Gasteiger partial charge in [0.05, 0.1) is 5.56 Å². The smallest absolute Gasteiger partial charge is 0.343 e. The van der Waals surface area contributed by atoms with Gasteiger partial charge in [0.1, 0.15) is 17.1 Å². The van der Waals surface area contributed by atoms with Crippen LogP contribution in [0.25, 0.3) is 0 Å². The highest BCUT2D eigenvalue weighted by Crippen LogP contribution is 2.44. The minimum atomic E-state index is -0.354. The Kier molecular flexibility index (Phi) is 5.05. The normalized spacial score (nSPS) is 18.8. The molecule has 0 bridgehead atoms. The van der Waals surface area contributed by atoms with Gasteiger partial charge in [-0.2, -0.15) is 0 Å². The quantitative estimate of drug-likeness (QED) is 0.657. The summed E-state index contributed by atoms with van der Waals surface area (Å²) in [6, 6.07) is 9.02. The SMILES string of the molecule is Cc1c(C)c2c(c(C)c1OC(=O)c1ccccc1)CCC(C)(CCO)O2. The van der Waals surface area contributed by atoms with Gasteiger partial charge in [0.15, 0.2) is 0 Å². The van der Waals surface area contributed by atoms with Gasteiger partial charge in [0, 0.05) is 18.6 Å². The second-order valence-corrected chi connectivity index (χ2v) is 7.29. The summed E-state index contributed by atoms with van der Waals surface area (Å²) in [6.07, 6.45) is 2.28. The van der Waals surface area contributed by atoms with E-state index in [2.05, 4.69) is 0 Å². The Balaban J connectivity index is 1.97. The largest absolute Gasteiger partial charge is 0.487 e. The van der Waals surface area contributed by atoms with Crippen molar-refractivity contribution in [3.8, 4) is 11.5 Å². The zero-order chi connectivity index (χ0) is 18.9. The van der Waals surface area contributed by atoms with Crippen LogP contribution < -0.4 is 9.47 Å². The van der Waals surface area contributed by atoms with Crippen LogP contribution in [0.5, 0.6) is 11.5 Å². The molecule has 0 saturated heterocycles. The fourth-order valence-corrected chi connectivity index (χ4v) is 3.57. The molecule has 4 nitrogen and oxygen atoms in total. The zero-order valence-electron chi connectivity index (χ0n) is 15.9. The van der Waals surface area contributed by atoms with Gasteiger partial charge < -0.3 is 14.6 Å². The topological polar surface area (TPSA) is 55.8 Å². The van der Waals surface area contributed by atoms with Crippen molar-refractivity contribution < 1.29 is 19.4 Å². The summed E-state index contributed by atoms with van der Waals surface area (Å²) >= 11 is 0. The predicted molar refractivity (Wildman–Crippen MR) is 101 cm³/mol. The minimum Gasteiger partial charge on any atom is -0.487 e. The van der Waals surface area contributed by atoms with Gasteiger partial charge in [-0.3, -0.25) is 0 Å². The molecule has 0 fully saturated rings. The van der Waals surface area contributed by atoms with Crippen molar-refractivity contribution >= 4 is 5.97 Å². The molecular weight excluding hydrogens is 328 g/mol. The van der Waals surface area contributed by atoms with E-state index in [4.69, 9.17) is 9.47 Å². The van der Waals surface area contributed by atoms with Crippen LogP contribution >= 0.6 is 0 Å². The number of esters is 1. The monoisotopic (exact) mass is 354 g/mol. The lowest BCUT2D eigenvalue weighted by molar-refractivity contribution is 0.0376. The van der Waals surface area contributed by atoms with E-state index in [0.717, 1.165) is 40.8 Å². The fraction of sp³-hybridized carbons (Fsp3) is 0.409. The number of hydrogen-bond acceptors (Lipinski definition) is 4. The van der Waals surface area contributed by atoms with E-state index in [9.17, 15) is 9.90 Å². The molecule has 1 aliphatic heterocycles. The summed E-state index contributed by atoms with van der Waals surface area (Å²) in [6.45, 7) is 8.09. The highest BCUT2D eigenvalue weighted by atomic mass is 16.5. The third-order valence-electron chi connectivity index (χ3n) is 5.41. The molecule has 1 heterocycles. The summed E-state index contributed by atoms with van der Waals surface area (Å²) in [5.74, 6) is 1.16. The lowest BCUT2D eigenvalue weighted by atomic mass is 9.86. The van der Waals surface area contributed by atoms with Crippen molar-refractivity contribution in [2.24, 2.45) is 0 Å². The van der Waals surface area contributed by atoms with E-state index in [1.54, 1.807) is 12.1 Å². The summed E-state index contributed by atoms with van der Waals surface area (Å²) in [7, 11) is 0. The zero-order valence-corrected chi connectivity index (χ0v) is 15.9. The van der Waals surface area contributed by atoms with E-state index < -0.39 is 0 Å². The van der Waals surface area contributed by atoms with Gasteiger partial charge >= 0.3 is 5.97 Å². The highest BCUT2D eigenvalue weighted by molar-refractivity contribution is 5.91. The van der Waals surface area contributed by atoms with Crippen molar-refractivity contribution in [1.29, 1.82) is 0 Å². The second-order valence-electron chi connectivity index (χ2n) is 7.29. The molecule has 138 valence electrons. The van der Waals surface area contributed by atoms with E-state index >= 15 is 0 Å². The van der Waals surface area contributed by atoms with Crippen LogP contribution in [-0.2, 0) is 6.42 Å². The number of ether oxygens (including phenoxy) is 2. The lowest BCUT2D eigenvalue weighted by Crippen LogP contribution is -2.38. The van der Waals surface area contributed by atoms with E-state index in [1.165, 1.54) is 0 Å². The molecule has 26 heavy (non-hydrogen) atoms. The maximum atomic E-state index is 12.5. The van der Waals surface area contributed by atoms with E-state index in [1.807, 2.05) is 45.9 Å². The summed E-state index contributed by atoms with van der Waals surface area (Å²) < 4.78 is 12.1. The van der Waals surface area contributed by atoms with E-state index in [-0.39, 0.29) is 18.2 Å². The van der Waals surface area contributed by atoms with Crippen LogP contribution in [0.1, 0.15) is 52.4 Å². The number of fused-ring (bicyclic) bond motifs is 1. The average Bonchev–Trinajstić information content (AvgIpc) is 2.64. The maximum absolute atomic E-state index is 12.5. The average molecular weight is 354 g/mol. The second kappa shape index (κ2) is 7.12. The van der Waals surface area contributed by atoms with E-state index in [0.29, 0.717) is 17.7 Å². The van der Waals surface area contributed by atoms with Crippen LogP contribution in [0, 0.1) is 20.8 Å². The number of aliphatic hydroxyl groups is 1. The number of rotatable bonds is 4. The molecule has 0 aliphatic carbocycles. The number of aliphatic hydroxyl groups excluding tert-OH is 1. The first-order valence-electron chi connectivity index (χ1n) is 9.06. The molecular formula is C22H26O4. The number of carbonyl (C=O) groups is 1. The Morgan fingerprint density at radius 3 is 2.50 bits per heavy atom. The minimum absolute atomic E-state index is 0.107. The molecule has 0 amide bonds. The van der Waals surface area contributed by atoms with Crippen LogP contribution in [0.2, 0.25) is 0 Å². The molecule has 0 spiro atoms. The molecule has 4 heteroatoms. The van der Waals surface area contributed by atoms with Gasteiger partial charge in [-0.25, -0.2) is 4.79 Å². The first-order valence-corrected chi connectivity index (χ1v) is 9.06. The molecule has 1 atom stereocenters. The molecule has 3 rings (SSSR count).